The van der Waals surface area contributed by atoms with Gasteiger partial charge in [0.1, 0.15) is 0 Å². The SMILES string of the molecule is C=CCCCCCCCCC(=O)[O-].C=CCCCCCCCCC(=O)[O-].C=CCCCCCCCCC(=O)[O-].C=CCCCCCCCCC(=O)[O-].[Zr+2].[Zr+2]. The molecule has 0 aliphatic carbocycles. The van der Waals surface area contributed by atoms with Gasteiger partial charge in [0.05, 0.1) is 0 Å². The van der Waals surface area contributed by atoms with Gasteiger partial charge in [0, 0.05) is 23.9 Å². The second kappa shape index (κ2) is 60.8. The Hall–Kier alpha value is -1.39. The fraction of sp³-hybridized carbons (Fsp3) is 0.727. The fourth-order valence-corrected chi connectivity index (χ4v) is 5.06. The molecule has 0 aliphatic rings. The summed E-state index contributed by atoms with van der Waals surface area (Å²) in [6.07, 6.45) is 39.3. The molecule has 0 aromatic carbocycles. The van der Waals surface area contributed by atoms with Crippen LogP contribution in [0.2, 0.25) is 0 Å². The quantitative estimate of drug-likeness (QED) is 0.0450. The van der Waals surface area contributed by atoms with E-state index in [0.717, 1.165) is 103 Å². The Morgan fingerprint density at radius 3 is 0.537 bits per heavy atom. The number of rotatable bonds is 36. The largest absolute Gasteiger partial charge is 2.00 e. The van der Waals surface area contributed by atoms with E-state index in [2.05, 4.69) is 26.3 Å². The van der Waals surface area contributed by atoms with E-state index in [4.69, 9.17) is 0 Å². The number of hydrogen-bond donors (Lipinski definition) is 0. The van der Waals surface area contributed by atoms with Crippen LogP contribution < -0.4 is 20.4 Å². The Morgan fingerprint density at radius 2 is 0.407 bits per heavy atom. The smallest absolute Gasteiger partial charge is 0.550 e. The molecule has 308 valence electrons. The van der Waals surface area contributed by atoms with Gasteiger partial charge in [-0.1, -0.05) is 127 Å². The molecule has 0 radical (unpaired) electrons. The molecule has 0 spiro atoms. The Morgan fingerprint density at radius 1 is 0.278 bits per heavy atom. The van der Waals surface area contributed by atoms with Crippen LogP contribution in [0.5, 0.6) is 0 Å². The van der Waals surface area contributed by atoms with Gasteiger partial charge in [0.2, 0.25) is 0 Å². The average Bonchev–Trinajstić information content (AvgIpc) is 3.10. The third-order valence-electron chi connectivity index (χ3n) is 8.16. The van der Waals surface area contributed by atoms with Crippen molar-refractivity contribution < 1.29 is 92.0 Å². The third kappa shape index (κ3) is 83.6. The van der Waals surface area contributed by atoms with Crippen LogP contribution in [0.1, 0.15) is 205 Å². The van der Waals surface area contributed by atoms with E-state index in [0.29, 0.717) is 0 Å². The maximum atomic E-state index is 10.1. The van der Waals surface area contributed by atoms with Crippen LogP contribution >= 0.6 is 0 Å². The van der Waals surface area contributed by atoms with Gasteiger partial charge >= 0.3 is 52.4 Å². The van der Waals surface area contributed by atoms with Gasteiger partial charge in [-0.2, -0.15) is 0 Å². The van der Waals surface area contributed by atoms with E-state index < -0.39 is 23.9 Å². The second-order valence-corrected chi connectivity index (χ2v) is 13.3. The topological polar surface area (TPSA) is 161 Å². The van der Waals surface area contributed by atoms with E-state index in [1.165, 1.54) is 77.0 Å². The van der Waals surface area contributed by atoms with Crippen LogP contribution in [0.4, 0.5) is 0 Å². The summed E-state index contributed by atoms with van der Waals surface area (Å²) in [6.45, 7) is 14.6. The van der Waals surface area contributed by atoms with Crippen LogP contribution in [0.25, 0.3) is 0 Å². The third-order valence-corrected chi connectivity index (χ3v) is 8.16. The van der Waals surface area contributed by atoms with Crippen molar-refractivity contribution in [1.29, 1.82) is 0 Å². The molecular weight excluding hydrogens is 839 g/mol. The predicted octanol–water partition coefficient (Wildman–Crippen LogP) is 8.17. The molecule has 0 fully saturated rings. The van der Waals surface area contributed by atoms with E-state index in [1.54, 1.807) is 0 Å². The molecule has 0 atom stereocenters. The molecular formula is C44H76O8Zr2. The van der Waals surface area contributed by atoms with E-state index in [9.17, 15) is 39.6 Å². The van der Waals surface area contributed by atoms with Crippen molar-refractivity contribution in [2.45, 2.75) is 205 Å². The first-order valence-electron chi connectivity index (χ1n) is 20.3. The van der Waals surface area contributed by atoms with Gasteiger partial charge in [0.25, 0.3) is 0 Å². The molecule has 8 nitrogen and oxygen atoms in total. The van der Waals surface area contributed by atoms with Crippen LogP contribution in [0.3, 0.4) is 0 Å². The Bertz CT molecular complexity index is 712. The van der Waals surface area contributed by atoms with Gasteiger partial charge in [-0.15, -0.1) is 26.3 Å². The normalized spacial score (nSPS) is 9.48. The number of allylic oxidation sites excluding steroid dienone is 4. The maximum Gasteiger partial charge on any atom is 2.00 e. The maximum absolute atomic E-state index is 10.1. The Balaban J connectivity index is -0.000000140. The minimum Gasteiger partial charge on any atom is -0.550 e. The van der Waals surface area contributed by atoms with Crippen molar-refractivity contribution in [3.8, 4) is 0 Å². The zero-order chi connectivity index (χ0) is 39.8. The molecule has 54 heavy (non-hydrogen) atoms. The second-order valence-electron chi connectivity index (χ2n) is 13.3. The van der Waals surface area contributed by atoms with Gasteiger partial charge < -0.3 is 39.6 Å². The van der Waals surface area contributed by atoms with Crippen LogP contribution in [0.15, 0.2) is 50.6 Å². The first-order valence-corrected chi connectivity index (χ1v) is 20.3. The molecule has 0 heterocycles. The molecule has 0 bridgehead atoms. The zero-order valence-corrected chi connectivity index (χ0v) is 38.9. The summed E-state index contributed by atoms with van der Waals surface area (Å²) in [7, 11) is 0. The Kier molecular flexibility index (Phi) is 72.7. The molecule has 0 aliphatic heterocycles. The predicted molar refractivity (Wildman–Crippen MR) is 209 cm³/mol. The van der Waals surface area contributed by atoms with Crippen molar-refractivity contribution in [3.05, 3.63) is 50.6 Å². The van der Waals surface area contributed by atoms with Crippen LogP contribution in [-0.2, 0) is 71.6 Å². The molecule has 0 aromatic heterocycles. The molecule has 0 rings (SSSR count). The molecule has 0 aromatic rings. The summed E-state index contributed by atoms with van der Waals surface area (Å²) in [5.74, 6) is -3.70. The van der Waals surface area contributed by atoms with E-state index >= 15 is 0 Å². The van der Waals surface area contributed by atoms with Gasteiger partial charge in [-0.05, 0) is 103 Å². The minimum absolute atomic E-state index is 0. The summed E-state index contributed by atoms with van der Waals surface area (Å²) < 4.78 is 0. The summed E-state index contributed by atoms with van der Waals surface area (Å²) in [5, 5.41) is 40.2. The fourth-order valence-electron chi connectivity index (χ4n) is 5.06. The minimum atomic E-state index is -0.924. The van der Waals surface area contributed by atoms with Crippen molar-refractivity contribution in [1.82, 2.24) is 0 Å². The zero-order valence-electron chi connectivity index (χ0n) is 34.0. The van der Waals surface area contributed by atoms with E-state index in [1.807, 2.05) is 24.3 Å². The van der Waals surface area contributed by atoms with Crippen molar-refractivity contribution >= 4 is 23.9 Å². The number of carboxylic acid groups (broad SMARTS) is 4. The first kappa shape index (κ1) is 64.5. The molecule has 10 heteroatoms. The summed E-state index contributed by atoms with van der Waals surface area (Å²) >= 11 is 0. The van der Waals surface area contributed by atoms with Crippen molar-refractivity contribution in [3.63, 3.8) is 0 Å². The number of aliphatic carboxylic acids is 4. The van der Waals surface area contributed by atoms with E-state index in [-0.39, 0.29) is 78.1 Å². The Labute approximate surface area is 369 Å². The van der Waals surface area contributed by atoms with Gasteiger partial charge in [0.15, 0.2) is 0 Å². The number of carbonyl (C=O) groups is 4. The summed E-state index contributed by atoms with van der Waals surface area (Å²) in [4.78, 5) is 40.2. The monoisotopic (exact) mass is 912 g/mol. The number of unbranched alkanes of at least 4 members (excludes halogenated alkanes) is 24. The molecule has 0 saturated heterocycles. The molecule has 0 N–H and O–H groups in total. The number of carbonyl (C=O) groups excluding carboxylic acids is 4. The van der Waals surface area contributed by atoms with Gasteiger partial charge in [-0.25, -0.2) is 0 Å². The van der Waals surface area contributed by atoms with Crippen molar-refractivity contribution in [2.24, 2.45) is 0 Å². The van der Waals surface area contributed by atoms with Crippen molar-refractivity contribution in [2.75, 3.05) is 0 Å². The molecule has 0 saturated carbocycles. The summed E-state index contributed by atoms with van der Waals surface area (Å²) in [6, 6.07) is 0. The average molecular weight is 916 g/mol. The van der Waals surface area contributed by atoms with Crippen LogP contribution in [0, 0.1) is 0 Å². The first-order chi connectivity index (χ1) is 25.1. The summed E-state index contributed by atoms with van der Waals surface area (Å²) in [5.41, 5.74) is 0. The number of hydrogen-bond acceptors (Lipinski definition) is 8. The van der Waals surface area contributed by atoms with Crippen LogP contribution in [-0.4, -0.2) is 23.9 Å². The standard InChI is InChI=1S/4C11H20O2.2Zr/c4*1-2-3-4-5-6-7-8-9-10-11(12)13;;/h4*2H,1,3-10H2,(H,12,13);;/q;;;;2*+2/p-4. The molecule has 0 unspecified atom stereocenters. The number of carboxylic acids is 4. The van der Waals surface area contributed by atoms with Gasteiger partial charge in [-0.3, -0.25) is 0 Å². The molecule has 0 amide bonds.